The standard InChI is InChI=1S/C33H60N6O8S/c1-8-12-21-33(20-11-4,22-13-9-2)38(24-14-10-3)46-48(42,43)47-39-26-18-19-27(37(25-26)31(39)41)29-36-35-28(44-29)17-15-16-23-34-30(40)45-32(5,6)7/h26-27H,8-25H2,1-7H3,(H,34,40)/t26-,27-/m0/s1. The number of carbonyl (C=O) groups is 2. The van der Waals surface area contributed by atoms with E-state index in [0.717, 1.165) is 69.3 Å². The Balaban J connectivity index is 1.63. The number of rotatable bonds is 22. The van der Waals surface area contributed by atoms with E-state index in [1.807, 2.05) is 20.8 Å². The quantitative estimate of drug-likeness (QED) is 0.0982. The molecule has 1 aromatic rings. The van der Waals surface area contributed by atoms with E-state index in [1.165, 1.54) is 4.90 Å². The lowest BCUT2D eigenvalue weighted by atomic mass is 9.82. The zero-order valence-corrected chi connectivity index (χ0v) is 31.1. The number of alkyl carbamates (subject to hydrolysis) is 1. The first-order valence-corrected chi connectivity index (χ1v) is 19.4. The molecule has 2 saturated heterocycles. The van der Waals surface area contributed by atoms with E-state index in [-0.39, 0.29) is 6.54 Å². The average molecular weight is 701 g/mol. The van der Waals surface area contributed by atoms with Crippen LogP contribution >= 0.6 is 0 Å². The Labute approximate surface area is 287 Å². The van der Waals surface area contributed by atoms with Crippen LogP contribution in [-0.4, -0.2) is 82.6 Å². The topological polar surface area (TPSA) is 157 Å². The molecule has 2 bridgehead atoms. The van der Waals surface area contributed by atoms with Crippen LogP contribution in [0.2, 0.25) is 0 Å². The number of amides is 3. The van der Waals surface area contributed by atoms with Crippen molar-refractivity contribution in [1.29, 1.82) is 0 Å². The summed E-state index contributed by atoms with van der Waals surface area (Å²) in [4.78, 5) is 26.9. The predicted molar refractivity (Wildman–Crippen MR) is 181 cm³/mol. The van der Waals surface area contributed by atoms with E-state index < -0.39 is 45.7 Å². The van der Waals surface area contributed by atoms with Crippen LogP contribution in [0.3, 0.4) is 0 Å². The molecule has 0 unspecified atom stereocenters. The number of hydrogen-bond donors (Lipinski definition) is 1. The molecule has 3 heterocycles. The number of aryl methyl sites for hydroxylation is 1. The number of ether oxygens (including phenoxy) is 1. The minimum Gasteiger partial charge on any atom is -0.444 e. The Kier molecular flexibility index (Phi) is 15.4. The second-order valence-electron chi connectivity index (χ2n) is 14.1. The lowest BCUT2D eigenvalue weighted by Gasteiger charge is -2.43. The maximum Gasteiger partial charge on any atom is 0.437 e. The van der Waals surface area contributed by atoms with Gasteiger partial charge in [-0.05, 0) is 72.1 Å². The summed E-state index contributed by atoms with van der Waals surface area (Å²) >= 11 is 0. The fraction of sp³-hybridized carbons (Fsp3) is 0.879. The molecule has 0 radical (unpaired) electrons. The van der Waals surface area contributed by atoms with Crippen LogP contribution in [0.25, 0.3) is 0 Å². The van der Waals surface area contributed by atoms with Crippen molar-refractivity contribution in [3.63, 3.8) is 0 Å². The highest BCUT2D eigenvalue weighted by atomic mass is 32.3. The van der Waals surface area contributed by atoms with Crippen LogP contribution in [-0.2, 0) is 30.1 Å². The van der Waals surface area contributed by atoms with Gasteiger partial charge >= 0.3 is 22.5 Å². The monoisotopic (exact) mass is 700 g/mol. The van der Waals surface area contributed by atoms with Crippen molar-refractivity contribution in [1.82, 2.24) is 30.5 Å². The Bertz CT molecular complexity index is 1240. The molecule has 14 nitrogen and oxygen atoms in total. The normalized spacial score (nSPS) is 18.6. The number of piperidine rings is 1. The van der Waals surface area contributed by atoms with E-state index in [4.69, 9.17) is 17.7 Å². The van der Waals surface area contributed by atoms with E-state index in [9.17, 15) is 18.0 Å². The Morgan fingerprint density at radius 3 is 2.27 bits per heavy atom. The van der Waals surface area contributed by atoms with Gasteiger partial charge in [0.25, 0.3) is 0 Å². The third kappa shape index (κ3) is 11.5. The molecule has 2 atom stereocenters. The summed E-state index contributed by atoms with van der Waals surface area (Å²) in [7, 11) is -4.61. The summed E-state index contributed by atoms with van der Waals surface area (Å²) in [6.45, 7) is 15.1. The summed E-state index contributed by atoms with van der Waals surface area (Å²) in [6, 6.07) is -1.50. The van der Waals surface area contributed by atoms with Crippen molar-refractivity contribution in [3.05, 3.63) is 11.8 Å². The van der Waals surface area contributed by atoms with E-state index >= 15 is 0 Å². The highest BCUT2D eigenvalue weighted by molar-refractivity contribution is 7.81. The molecule has 3 rings (SSSR count). The molecule has 2 aliphatic rings. The Morgan fingerprint density at radius 2 is 1.65 bits per heavy atom. The van der Waals surface area contributed by atoms with Crippen LogP contribution < -0.4 is 5.32 Å². The van der Waals surface area contributed by atoms with Gasteiger partial charge in [0.05, 0.1) is 6.04 Å². The first-order chi connectivity index (χ1) is 22.8. The van der Waals surface area contributed by atoms with Crippen LogP contribution in [0.15, 0.2) is 4.42 Å². The first kappa shape index (κ1) is 39.9. The summed E-state index contributed by atoms with van der Waals surface area (Å²) in [5.41, 5.74) is -0.986. The number of unbranched alkanes of at least 4 members (excludes halogenated alkanes) is 4. The molecular formula is C33H60N6O8S. The molecule has 0 aliphatic carbocycles. The summed E-state index contributed by atoms with van der Waals surface area (Å²) < 4.78 is 49.5. The minimum absolute atomic E-state index is 0.277. The van der Waals surface area contributed by atoms with Gasteiger partial charge in [0.2, 0.25) is 11.8 Å². The SMILES string of the molecule is CCCCN(OS(=O)(=O)ON1C(=O)N2C[C@@H]1CC[C@H]2c1nnc(CCCCNC(=O)OC(C)(C)C)o1)C(CCC)(CCCC)CCCC. The number of nitrogens with zero attached hydrogens (tertiary/aromatic N) is 5. The van der Waals surface area contributed by atoms with Crippen molar-refractivity contribution in [3.8, 4) is 0 Å². The number of aromatic nitrogens is 2. The van der Waals surface area contributed by atoms with Crippen molar-refractivity contribution < 1.29 is 35.7 Å². The Hall–Kier alpha value is -2.49. The van der Waals surface area contributed by atoms with Crippen molar-refractivity contribution >= 4 is 22.5 Å². The lowest BCUT2D eigenvalue weighted by molar-refractivity contribution is -0.172. The molecule has 0 aromatic carbocycles. The van der Waals surface area contributed by atoms with E-state index in [2.05, 4.69) is 43.2 Å². The fourth-order valence-electron chi connectivity index (χ4n) is 6.50. The lowest BCUT2D eigenvalue weighted by Crippen LogP contribution is -2.51. The molecule has 15 heteroatoms. The van der Waals surface area contributed by atoms with Gasteiger partial charge in [-0.25, -0.2) is 9.59 Å². The zero-order valence-electron chi connectivity index (χ0n) is 30.3. The van der Waals surface area contributed by atoms with E-state index in [1.54, 1.807) is 5.06 Å². The summed E-state index contributed by atoms with van der Waals surface area (Å²) in [5, 5.41) is 13.7. The number of fused-ring (bicyclic) bond motifs is 2. The Morgan fingerprint density at radius 1 is 0.958 bits per heavy atom. The summed E-state index contributed by atoms with van der Waals surface area (Å²) in [5.74, 6) is 0.751. The smallest absolute Gasteiger partial charge is 0.437 e. The maximum atomic E-state index is 13.5. The highest BCUT2D eigenvalue weighted by Crippen LogP contribution is 2.39. The third-order valence-corrected chi connectivity index (χ3v) is 9.59. The molecule has 276 valence electrons. The number of nitrogens with one attached hydrogen (secondary N) is 1. The maximum absolute atomic E-state index is 13.5. The van der Waals surface area contributed by atoms with Crippen LogP contribution in [0.1, 0.15) is 156 Å². The molecule has 3 amide bonds. The molecule has 1 aromatic heterocycles. The van der Waals surface area contributed by atoms with Gasteiger partial charge in [-0.3, -0.25) is 0 Å². The van der Waals surface area contributed by atoms with Crippen LogP contribution in [0, 0.1) is 0 Å². The molecule has 0 saturated carbocycles. The second kappa shape index (κ2) is 18.5. The van der Waals surface area contributed by atoms with Gasteiger partial charge in [0, 0.05) is 31.6 Å². The highest BCUT2D eigenvalue weighted by Gasteiger charge is 2.50. The van der Waals surface area contributed by atoms with Crippen molar-refractivity contribution in [2.24, 2.45) is 0 Å². The molecule has 0 spiro atoms. The van der Waals surface area contributed by atoms with Gasteiger partial charge < -0.3 is 19.4 Å². The third-order valence-electron chi connectivity index (χ3n) is 8.88. The zero-order chi connectivity index (χ0) is 35.4. The fourth-order valence-corrected chi connectivity index (χ4v) is 7.36. The minimum atomic E-state index is -4.61. The van der Waals surface area contributed by atoms with Crippen LogP contribution in [0.5, 0.6) is 0 Å². The van der Waals surface area contributed by atoms with Gasteiger partial charge in [-0.1, -0.05) is 66.2 Å². The van der Waals surface area contributed by atoms with Crippen molar-refractivity contribution in [2.75, 3.05) is 19.6 Å². The van der Waals surface area contributed by atoms with Gasteiger partial charge in [-0.15, -0.1) is 14.5 Å². The van der Waals surface area contributed by atoms with Gasteiger partial charge in [0.1, 0.15) is 11.6 Å². The number of carbonyl (C=O) groups excluding carboxylic acids is 2. The number of hydrogen-bond acceptors (Lipinski definition) is 11. The average Bonchev–Trinajstić information content (AvgIpc) is 3.58. The number of urea groups is 1. The molecule has 2 fully saturated rings. The van der Waals surface area contributed by atoms with Gasteiger partial charge in [-0.2, -0.15) is 22.8 Å². The van der Waals surface area contributed by atoms with Gasteiger partial charge in [0.15, 0.2) is 0 Å². The molecular weight excluding hydrogens is 640 g/mol. The summed E-state index contributed by atoms with van der Waals surface area (Å²) in [6.07, 6.45) is 11.4. The van der Waals surface area contributed by atoms with Crippen molar-refractivity contribution in [2.45, 2.75) is 168 Å². The first-order valence-electron chi connectivity index (χ1n) is 18.1. The second-order valence-corrected chi connectivity index (χ2v) is 15.2. The molecule has 48 heavy (non-hydrogen) atoms. The number of hydroxylamine groups is 4. The molecule has 2 aliphatic heterocycles. The van der Waals surface area contributed by atoms with E-state index in [0.29, 0.717) is 57.0 Å². The largest absolute Gasteiger partial charge is 0.444 e. The predicted octanol–water partition coefficient (Wildman–Crippen LogP) is 6.99. The van der Waals surface area contributed by atoms with Crippen LogP contribution in [0.4, 0.5) is 9.59 Å². The molecule has 1 N–H and O–H groups in total.